The highest BCUT2D eigenvalue weighted by Gasteiger charge is 2.29. The van der Waals surface area contributed by atoms with Crippen LogP contribution in [0.1, 0.15) is 31.2 Å². The van der Waals surface area contributed by atoms with Crippen molar-refractivity contribution in [1.29, 1.82) is 0 Å². The van der Waals surface area contributed by atoms with Crippen molar-refractivity contribution in [2.45, 2.75) is 37.5 Å². The summed E-state index contributed by atoms with van der Waals surface area (Å²) in [5.41, 5.74) is 0.986. The molecule has 1 saturated carbocycles. The van der Waals surface area contributed by atoms with Gasteiger partial charge in [-0.25, -0.2) is 0 Å². The van der Waals surface area contributed by atoms with Crippen molar-refractivity contribution in [2.75, 3.05) is 19.8 Å². The smallest absolute Gasteiger partial charge is 0.306 e. The summed E-state index contributed by atoms with van der Waals surface area (Å²) in [4.78, 5) is 11.0. The molecule has 134 valence electrons. The van der Waals surface area contributed by atoms with Crippen LogP contribution in [0.4, 0.5) is 0 Å². The van der Waals surface area contributed by atoms with Crippen LogP contribution in [0.15, 0.2) is 29.2 Å². The number of carboxylic acid groups (broad SMARTS) is 1. The molecule has 1 fully saturated rings. The van der Waals surface area contributed by atoms with E-state index >= 15 is 0 Å². The standard InChI is InChI=1S/C17H24O6S/c1-13-3-7-16(8-4-13)24(20,21)23-10-2-9-22-12-14-5-6-15(11-14)17(18)19/h3-4,7-8,14-15H,2,5-6,9-12H2,1H3,(H,18,19). The molecule has 0 bridgehead atoms. The van der Waals surface area contributed by atoms with Gasteiger partial charge in [0.25, 0.3) is 10.1 Å². The van der Waals surface area contributed by atoms with Crippen LogP contribution in [0, 0.1) is 18.8 Å². The van der Waals surface area contributed by atoms with Crippen molar-refractivity contribution in [2.24, 2.45) is 11.8 Å². The summed E-state index contributed by atoms with van der Waals surface area (Å²) in [6.07, 6.45) is 2.71. The second-order valence-electron chi connectivity index (χ2n) is 6.23. The van der Waals surface area contributed by atoms with E-state index in [1.54, 1.807) is 12.1 Å². The number of carboxylic acids is 1. The van der Waals surface area contributed by atoms with Crippen molar-refractivity contribution in [3.05, 3.63) is 29.8 Å². The van der Waals surface area contributed by atoms with Gasteiger partial charge < -0.3 is 9.84 Å². The fourth-order valence-electron chi connectivity index (χ4n) is 2.80. The largest absolute Gasteiger partial charge is 0.481 e. The van der Waals surface area contributed by atoms with Crippen molar-refractivity contribution in [3.63, 3.8) is 0 Å². The first-order valence-electron chi connectivity index (χ1n) is 8.15. The number of carbonyl (C=O) groups is 1. The Hall–Kier alpha value is -1.44. The Morgan fingerprint density at radius 2 is 1.92 bits per heavy atom. The number of rotatable bonds is 9. The second-order valence-corrected chi connectivity index (χ2v) is 7.85. The molecule has 1 aromatic rings. The van der Waals surface area contributed by atoms with E-state index in [4.69, 9.17) is 14.0 Å². The minimum absolute atomic E-state index is 0.0681. The normalized spacial score (nSPS) is 21.0. The molecule has 2 rings (SSSR count). The first kappa shape index (κ1) is 18.9. The first-order valence-corrected chi connectivity index (χ1v) is 9.56. The molecule has 0 spiro atoms. The lowest BCUT2D eigenvalue weighted by Gasteiger charge is -2.10. The molecular formula is C17H24O6S. The molecule has 0 aliphatic heterocycles. The van der Waals surface area contributed by atoms with Gasteiger partial charge in [-0.2, -0.15) is 8.42 Å². The number of aliphatic carboxylic acids is 1. The molecule has 0 heterocycles. The third-order valence-electron chi connectivity index (χ3n) is 4.23. The van der Waals surface area contributed by atoms with Crippen molar-refractivity contribution < 1.29 is 27.2 Å². The number of hydrogen-bond donors (Lipinski definition) is 1. The van der Waals surface area contributed by atoms with E-state index in [-0.39, 0.29) is 23.3 Å². The van der Waals surface area contributed by atoms with Crippen LogP contribution in [0.25, 0.3) is 0 Å². The van der Waals surface area contributed by atoms with Crippen molar-refractivity contribution >= 4 is 16.1 Å². The molecular weight excluding hydrogens is 332 g/mol. The van der Waals surface area contributed by atoms with E-state index in [2.05, 4.69) is 0 Å². The van der Waals surface area contributed by atoms with Gasteiger partial charge in [-0.05, 0) is 50.7 Å². The van der Waals surface area contributed by atoms with Gasteiger partial charge in [0.05, 0.1) is 17.4 Å². The third kappa shape index (κ3) is 5.58. The highest BCUT2D eigenvalue weighted by atomic mass is 32.2. The van der Waals surface area contributed by atoms with Crippen LogP contribution in [-0.4, -0.2) is 39.3 Å². The molecule has 0 saturated heterocycles. The average Bonchev–Trinajstić information content (AvgIpc) is 3.00. The van der Waals surface area contributed by atoms with E-state index in [0.29, 0.717) is 32.5 Å². The summed E-state index contributed by atoms with van der Waals surface area (Å²) in [6.45, 7) is 2.88. The number of aryl methyl sites for hydroxylation is 1. The average molecular weight is 356 g/mol. The Bertz CT molecular complexity index is 638. The van der Waals surface area contributed by atoms with Gasteiger partial charge in [0.1, 0.15) is 0 Å². The Morgan fingerprint density at radius 1 is 1.21 bits per heavy atom. The lowest BCUT2D eigenvalue weighted by Crippen LogP contribution is -2.13. The number of benzene rings is 1. The monoisotopic (exact) mass is 356 g/mol. The Kier molecular flexibility index (Phi) is 6.77. The zero-order valence-corrected chi connectivity index (χ0v) is 14.6. The summed E-state index contributed by atoms with van der Waals surface area (Å²) in [6, 6.07) is 6.51. The van der Waals surface area contributed by atoms with Crippen LogP contribution in [0.2, 0.25) is 0 Å². The lowest BCUT2D eigenvalue weighted by molar-refractivity contribution is -0.141. The second kappa shape index (κ2) is 8.60. The Morgan fingerprint density at radius 3 is 2.54 bits per heavy atom. The summed E-state index contributed by atoms with van der Waals surface area (Å²) in [7, 11) is -3.72. The molecule has 2 unspecified atom stereocenters. The predicted octanol–water partition coefficient (Wildman–Crippen LogP) is 2.61. The molecule has 1 N–H and O–H groups in total. The molecule has 0 amide bonds. The van der Waals surface area contributed by atoms with E-state index in [9.17, 15) is 13.2 Å². The number of ether oxygens (including phenoxy) is 1. The Labute approximate surface area is 142 Å². The fourth-order valence-corrected chi connectivity index (χ4v) is 3.75. The summed E-state index contributed by atoms with van der Waals surface area (Å²) in [5.74, 6) is -0.697. The number of hydrogen-bond acceptors (Lipinski definition) is 5. The Balaban J connectivity index is 1.61. The predicted molar refractivity (Wildman–Crippen MR) is 88.2 cm³/mol. The van der Waals surface area contributed by atoms with Gasteiger partial charge in [0, 0.05) is 13.2 Å². The van der Waals surface area contributed by atoms with Gasteiger partial charge in [0.2, 0.25) is 0 Å². The zero-order valence-electron chi connectivity index (χ0n) is 13.8. The molecule has 7 heteroatoms. The van der Waals surface area contributed by atoms with Crippen LogP contribution in [-0.2, 0) is 23.8 Å². The topological polar surface area (TPSA) is 89.9 Å². The van der Waals surface area contributed by atoms with Gasteiger partial charge in [-0.1, -0.05) is 17.7 Å². The van der Waals surface area contributed by atoms with Crippen LogP contribution < -0.4 is 0 Å². The summed E-state index contributed by atoms with van der Waals surface area (Å²) in [5, 5.41) is 8.94. The minimum Gasteiger partial charge on any atom is -0.481 e. The van der Waals surface area contributed by atoms with Crippen LogP contribution >= 0.6 is 0 Å². The van der Waals surface area contributed by atoms with E-state index in [1.807, 2.05) is 6.92 Å². The molecule has 1 aromatic carbocycles. The maximum atomic E-state index is 12.0. The van der Waals surface area contributed by atoms with Crippen molar-refractivity contribution in [3.8, 4) is 0 Å². The van der Waals surface area contributed by atoms with Gasteiger partial charge in [-0.15, -0.1) is 0 Å². The van der Waals surface area contributed by atoms with Crippen LogP contribution in [0.3, 0.4) is 0 Å². The third-order valence-corrected chi connectivity index (χ3v) is 5.55. The van der Waals surface area contributed by atoms with E-state index in [0.717, 1.165) is 12.0 Å². The van der Waals surface area contributed by atoms with Gasteiger partial charge in [0.15, 0.2) is 0 Å². The molecule has 24 heavy (non-hydrogen) atoms. The molecule has 2 atom stereocenters. The van der Waals surface area contributed by atoms with E-state index < -0.39 is 16.1 Å². The highest BCUT2D eigenvalue weighted by molar-refractivity contribution is 7.86. The maximum Gasteiger partial charge on any atom is 0.306 e. The SMILES string of the molecule is Cc1ccc(S(=O)(=O)OCCCOCC2CCC(C(=O)O)C2)cc1. The minimum atomic E-state index is -3.72. The molecule has 0 radical (unpaired) electrons. The molecule has 1 aliphatic carbocycles. The zero-order chi connectivity index (χ0) is 17.6. The van der Waals surface area contributed by atoms with E-state index in [1.165, 1.54) is 12.1 Å². The van der Waals surface area contributed by atoms with Gasteiger partial charge >= 0.3 is 5.97 Å². The van der Waals surface area contributed by atoms with Gasteiger partial charge in [-0.3, -0.25) is 8.98 Å². The fraction of sp³-hybridized carbons (Fsp3) is 0.588. The van der Waals surface area contributed by atoms with Crippen LogP contribution in [0.5, 0.6) is 0 Å². The maximum absolute atomic E-state index is 12.0. The lowest BCUT2D eigenvalue weighted by atomic mass is 10.1. The first-order chi connectivity index (χ1) is 11.4. The quantitative estimate of drug-likeness (QED) is 0.540. The summed E-state index contributed by atoms with van der Waals surface area (Å²) >= 11 is 0. The molecule has 0 aromatic heterocycles. The van der Waals surface area contributed by atoms with Crippen molar-refractivity contribution in [1.82, 2.24) is 0 Å². The highest BCUT2D eigenvalue weighted by Crippen LogP contribution is 2.31. The molecule has 6 nitrogen and oxygen atoms in total. The molecule has 1 aliphatic rings. The summed E-state index contributed by atoms with van der Waals surface area (Å²) < 4.78 is 34.4.